The number of anilines is 2. The summed E-state index contributed by atoms with van der Waals surface area (Å²) >= 11 is 0. The normalized spacial score (nSPS) is 14.5. The molecule has 0 radical (unpaired) electrons. The van der Waals surface area contributed by atoms with E-state index in [4.69, 9.17) is 56.6 Å². The monoisotopic (exact) mass is 1320 g/mol. The van der Waals surface area contributed by atoms with Gasteiger partial charge in [-0.2, -0.15) is 9.59 Å². The number of hydrogen-bond acceptors (Lipinski definition) is 24. The van der Waals surface area contributed by atoms with E-state index in [1.54, 1.807) is 139 Å². The van der Waals surface area contributed by atoms with Gasteiger partial charge >= 0.3 is 41.6 Å². The summed E-state index contributed by atoms with van der Waals surface area (Å²) in [4.78, 5) is 127. The van der Waals surface area contributed by atoms with Crippen molar-refractivity contribution >= 4 is 69.8 Å². The summed E-state index contributed by atoms with van der Waals surface area (Å²) in [6.45, 7) is 30.4. The summed E-state index contributed by atoms with van der Waals surface area (Å²) in [7, 11) is 1.50. The van der Waals surface area contributed by atoms with Crippen molar-refractivity contribution in [3.8, 4) is 23.0 Å². The Morgan fingerprint density at radius 3 is 1.46 bits per heavy atom. The van der Waals surface area contributed by atoms with E-state index in [1.807, 2.05) is 25.7 Å². The largest absolute Gasteiger partial charge is 0.497 e. The lowest BCUT2D eigenvalue weighted by atomic mass is 9.82. The molecule has 0 atom stereocenters. The zero-order chi connectivity index (χ0) is 70.9. The minimum Gasteiger partial charge on any atom is -0.497 e. The highest BCUT2D eigenvalue weighted by molar-refractivity contribution is 5.98. The maximum Gasteiger partial charge on any atom is 0.373 e. The van der Waals surface area contributed by atoms with E-state index in [0.717, 1.165) is 6.07 Å². The second kappa shape index (κ2) is 33.0. The van der Waals surface area contributed by atoms with Crippen LogP contribution in [0, 0.1) is 21.4 Å². The average Bonchev–Trinajstić information content (AvgIpc) is 0.807. The Balaban J connectivity index is 0.00000615. The van der Waals surface area contributed by atoms with Crippen molar-refractivity contribution in [2.45, 2.75) is 197 Å². The Kier molecular flexibility index (Phi) is 27.3. The highest BCUT2D eigenvalue weighted by Gasteiger charge is 2.34. The Morgan fingerprint density at radius 2 is 1.01 bits per heavy atom. The van der Waals surface area contributed by atoms with Gasteiger partial charge in [-0.25, -0.2) is 4.79 Å². The summed E-state index contributed by atoms with van der Waals surface area (Å²) in [5.74, 6) is -2.54. The molecule has 0 bridgehead atoms. The number of nitro groups is 1. The number of carbonyl (C=O) groups is 6. The third kappa shape index (κ3) is 27.6. The number of esters is 5. The Hall–Kier alpha value is -8.57. The summed E-state index contributed by atoms with van der Waals surface area (Å²) < 4.78 is 58.3. The molecule has 1 fully saturated rings. The first kappa shape index (κ1) is 77.9. The third-order valence-corrected chi connectivity index (χ3v) is 13.4. The fraction of sp³-hybridized carbons (Fsp3) is 0.594. The van der Waals surface area contributed by atoms with E-state index in [1.165, 1.54) is 30.2 Å². The summed E-state index contributed by atoms with van der Waals surface area (Å²) in [5, 5.41) is 13.4. The standard InChI is InChI=1S/C68H96N4O19.CO2/c1-63(2,3)42-71(40-61(78)91-68(16,17)18)50-27-26-47(82-19)33-55(50)83-28-29-84-56-35-51(72(80)81)45(32-52(56)70(38-59(76)89-66(10,11)12)39-60(77)90-67(13,14)15)41-85-48-25-22-44-31-49(62(79)86-54(44)34-48)53(73)30-43-20-23-46(24-21-43)69(36-57(74)87-64(4,5)6)37-58(75)88-65(7,8)9;2-1-3/h22,25-27,31-35,43,46H,20-21,23-24,28-30,36-42H2,1-19H3;. The number of methoxy groups -OCH3 is 1. The fourth-order valence-electron chi connectivity index (χ4n) is 10.2. The first-order valence-corrected chi connectivity index (χ1v) is 31.1. The van der Waals surface area contributed by atoms with Crippen molar-refractivity contribution in [1.29, 1.82) is 0 Å². The summed E-state index contributed by atoms with van der Waals surface area (Å²) in [6, 6.07) is 13.6. The quantitative estimate of drug-likeness (QED) is 0.0102. The molecule has 518 valence electrons. The van der Waals surface area contributed by atoms with Crippen LogP contribution in [0.15, 0.2) is 63.8 Å². The van der Waals surface area contributed by atoms with Crippen LogP contribution >= 0.6 is 0 Å². The molecule has 1 saturated carbocycles. The van der Waals surface area contributed by atoms with Gasteiger partial charge in [-0.1, -0.05) is 20.8 Å². The predicted molar refractivity (Wildman–Crippen MR) is 348 cm³/mol. The Morgan fingerprint density at radius 1 is 0.564 bits per heavy atom. The van der Waals surface area contributed by atoms with Crippen LogP contribution in [0.4, 0.5) is 17.1 Å². The molecule has 1 heterocycles. The molecule has 5 rings (SSSR count). The fourth-order valence-corrected chi connectivity index (χ4v) is 10.2. The van der Waals surface area contributed by atoms with Crippen LogP contribution in [0.2, 0.25) is 0 Å². The minimum atomic E-state index is -0.936. The van der Waals surface area contributed by atoms with Gasteiger partial charge in [-0.05, 0) is 177 Å². The molecule has 94 heavy (non-hydrogen) atoms. The highest BCUT2D eigenvalue weighted by Crippen LogP contribution is 2.39. The van der Waals surface area contributed by atoms with Gasteiger partial charge < -0.3 is 56.8 Å². The van der Waals surface area contributed by atoms with Gasteiger partial charge in [0.2, 0.25) is 0 Å². The van der Waals surface area contributed by atoms with Gasteiger partial charge in [0, 0.05) is 36.5 Å². The van der Waals surface area contributed by atoms with E-state index >= 15 is 0 Å². The summed E-state index contributed by atoms with van der Waals surface area (Å²) in [6.07, 6.45) is 2.66. The second-order valence-electron chi connectivity index (χ2n) is 29.2. The van der Waals surface area contributed by atoms with Crippen molar-refractivity contribution in [3.63, 3.8) is 0 Å². The molecule has 0 aliphatic heterocycles. The molecule has 4 aromatic rings. The molecule has 3 aromatic carbocycles. The molecule has 25 nitrogen and oxygen atoms in total. The van der Waals surface area contributed by atoms with Crippen LogP contribution in [-0.2, 0) is 63.9 Å². The number of ketones is 1. The topological polar surface area (TPSA) is 303 Å². The van der Waals surface area contributed by atoms with Crippen molar-refractivity contribution in [2.24, 2.45) is 11.3 Å². The first-order valence-electron chi connectivity index (χ1n) is 31.1. The predicted octanol–water partition coefficient (Wildman–Crippen LogP) is 11.0. The van der Waals surface area contributed by atoms with Gasteiger partial charge in [-0.3, -0.25) is 43.8 Å². The lowest BCUT2D eigenvalue weighted by molar-refractivity contribution is -0.385. The number of Topliss-reactive ketones (excluding diaryl/α,β-unsaturated/α-hetero) is 1. The van der Waals surface area contributed by atoms with Crippen LogP contribution in [-0.4, -0.2) is 145 Å². The zero-order valence-corrected chi connectivity index (χ0v) is 58.1. The smallest absolute Gasteiger partial charge is 0.373 e. The van der Waals surface area contributed by atoms with Crippen LogP contribution in [0.5, 0.6) is 23.0 Å². The molecular formula is C69H96N4O21. The second-order valence-corrected chi connectivity index (χ2v) is 29.2. The SMILES string of the molecule is COc1ccc(N(CC(=O)OC(C)(C)C)CC(C)(C)C)c(OCCOc2cc([N+](=O)[O-])c(COc3ccc4cc(C(=O)CC5CCC(N(CC(=O)OC(C)(C)C)CC(=O)OC(C)(C)C)CC5)c(=O)oc4c3)cc2N(CC(=O)OC(C)(C)C)CC(=O)OC(C)(C)C)c1.O=C=O. The highest BCUT2D eigenvalue weighted by atomic mass is 16.6. The molecule has 1 aliphatic carbocycles. The lowest BCUT2D eigenvalue weighted by Crippen LogP contribution is -2.46. The van der Waals surface area contributed by atoms with Crippen LogP contribution in [0.1, 0.15) is 173 Å². The molecule has 0 amide bonds. The zero-order valence-electron chi connectivity index (χ0n) is 58.1. The minimum absolute atomic E-state index is 0.0118. The molecule has 25 heteroatoms. The van der Waals surface area contributed by atoms with E-state index in [0.29, 0.717) is 54.8 Å². The number of fused-ring (bicyclic) bond motifs is 1. The molecule has 0 spiro atoms. The molecule has 0 saturated heterocycles. The number of nitro benzene ring substituents is 1. The van der Waals surface area contributed by atoms with Crippen molar-refractivity contribution in [2.75, 3.05) is 69.4 Å². The van der Waals surface area contributed by atoms with E-state index in [-0.39, 0.29) is 96.7 Å². The number of ether oxygens (including phenoxy) is 9. The van der Waals surface area contributed by atoms with Gasteiger partial charge in [0.05, 0.1) is 48.1 Å². The number of benzene rings is 3. The Labute approximate surface area is 550 Å². The molecule has 1 aliphatic rings. The van der Waals surface area contributed by atoms with Crippen molar-refractivity contribution < 1.29 is 90.3 Å². The third-order valence-electron chi connectivity index (χ3n) is 13.4. The molecule has 0 N–H and O–H groups in total. The number of nitrogens with zero attached hydrogens (tertiary/aromatic N) is 4. The van der Waals surface area contributed by atoms with Gasteiger partial charge in [-0.15, -0.1) is 0 Å². The number of rotatable bonds is 27. The van der Waals surface area contributed by atoms with Crippen molar-refractivity contribution in [3.05, 3.63) is 86.3 Å². The van der Waals surface area contributed by atoms with E-state index in [2.05, 4.69) is 0 Å². The van der Waals surface area contributed by atoms with Gasteiger partial charge in [0.1, 0.15) is 102 Å². The van der Waals surface area contributed by atoms with E-state index < -0.39 is 99.6 Å². The Bertz CT molecular complexity index is 3330. The van der Waals surface area contributed by atoms with Crippen LogP contribution in [0.25, 0.3) is 11.0 Å². The summed E-state index contributed by atoms with van der Waals surface area (Å²) in [5.41, 5.74) is -5.11. The van der Waals surface area contributed by atoms with Gasteiger partial charge in [0.15, 0.2) is 5.78 Å². The maximum atomic E-state index is 13.8. The lowest BCUT2D eigenvalue weighted by Gasteiger charge is -2.36. The van der Waals surface area contributed by atoms with Crippen LogP contribution in [0.3, 0.4) is 0 Å². The average molecular weight is 1320 g/mol. The molecular weight excluding hydrogens is 1220 g/mol. The first-order chi connectivity index (χ1) is 43.3. The number of hydrogen-bond donors (Lipinski definition) is 0. The van der Waals surface area contributed by atoms with Gasteiger partial charge in [0.25, 0.3) is 5.69 Å². The molecule has 1 aromatic heterocycles. The molecule has 0 unspecified atom stereocenters. The van der Waals surface area contributed by atoms with E-state index in [9.17, 15) is 43.7 Å². The van der Waals surface area contributed by atoms with Crippen molar-refractivity contribution in [1.82, 2.24) is 4.90 Å². The maximum absolute atomic E-state index is 13.8. The number of carbonyl (C=O) groups excluding carboxylic acids is 8. The van der Waals surface area contributed by atoms with Crippen LogP contribution < -0.4 is 34.4 Å².